The van der Waals surface area contributed by atoms with Crippen LogP contribution in [0.2, 0.25) is 0 Å². The third-order valence-electron chi connectivity index (χ3n) is 3.96. The van der Waals surface area contributed by atoms with Crippen LogP contribution in [0.1, 0.15) is 38.7 Å². The third-order valence-corrected chi connectivity index (χ3v) is 3.96. The van der Waals surface area contributed by atoms with Gasteiger partial charge in [0.05, 0.1) is 21.3 Å². The van der Waals surface area contributed by atoms with E-state index in [1.54, 1.807) is 28.4 Å². The molecule has 6 heteroatoms. The van der Waals surface area contributed by atoms with Crippen LogP contribution in [0.4, 0.5) is 0 Å². The molecule has 1 rings (SSSR count). The molecule has 0 saturated carbocycles. The zero-order valence-electron chi connectivity index (χ0n) is 16.4. The minimum Gasteiger partial charge on any atom is -0.496 e. The van der Waals surface area contributed by atoms with E-state index in [2.05, 4.69) is 29.5 Å². The highest BCUT2D eigenvalue weighted by Crippen LogP contribution is 2.34. The smallest absolute Gasteiger partial charge is 0.191 e. The minimum absolute atomic E-state index is 0.579. The summed E-state index contributed by atoms with van der Waals surface area (Å²) in [5, 5.41) is 6.66. The van der Waals surface area contributed by atoms with E-state index in [1.807, 2.05) is 12.1 Å². The largest absolute Gasteiger partial charge is 0.496 e. The van der Waals surface area contributed by atoms with Crippen LogP contribution >= 0.6 is 0 Å². The predicted octanol–water partition coefficient (Wildman–Crippen LogP) is 3.20. The maximum absolute atomic E-state index is 5.45. The van der Waals surface area contributed by atoms with Crippen molar-refractivity contribution < 1.29 is 14.2 Å². The monoisotopic (exact) mass is 351 g/mol. The Kier molecular flexibility index (Phi) is 9.58. The van der Waals surface area contributed by atoms with E-state index in [9.17, 15) is 0 Å². The number of hydrogen-bond acceptors (Lipinski definition) is 4. The molecule has 25 heavy (non-hydrogen) atoms. The van der Waals surface area contributed by atoms with Crippen molar-refractivity contribution in [2.75, 3.05) is 34.9 Å². The van der Waals surface area contributed by atoms with Crippen LogP contribution in [0.3, 0.4) is 0 Å². The molecule has 0 saturated heterocycles. The van der Waals surface area contributed by atoms with E-state index < -0.39 is 0 Å². The summed E-state index contributed by atoms with van der Waals surface area (Å²) in [6.07, 6.45) is 3.63. The molecule has 0 aliphatic carbocycles. The topological polar surface area (TPSA) is 64.1 Å². The van der Waals surface area contributed by atoms with Crippen LogP contribution in [0, 0.1) is 5.92 Å². The fraction of sp³-hybridized carbons (Fsp3) is 0.632. The normalized spacial score (nSPS) is 11.4. The van der Waals surface area contributed by atoms with Crippen molar-refractivity contribution in [1.29, 1.82) is 0 Å². The molecule has 0 atom stereocenters. The average molecular weight is 351 g/mol. The molecule has 0 spiro atoms. The Morgan fingerprint density at radius 3 is 2.16 bits per heavy atom. The number of guanidine groups is 1. The quantitative estimate of drug-likeness (QED) is 0.385. The van der Waals surface area contributed by atoms with Crippen molar-refractivity contribution in [1.82, 2.24) is 10.6 Å². The number of nitrogens with zero attached hydrogens (tertiary/aromatic N) is 1. The van der Waals surface area contributed by atoms with Crippen molar-refractivity contribution >= 4 is 5.96 Å². The van der Waals surface area contributed by atoms with E-state index in [0.717, 1.165) is 36.2 Å². The van der Waals surface area contributed by atoms with Gasteiger partial charge < -0.3 is 24.8 Å². The van der Waals surface area contributed by atoms with Crippen LogP contribution in [-0.4, -0.2) is 40.9 Å². The number of aliphatic imine (C=N–C) groups is 1. The average Bonchev–Trinajstić information content (AvgIpc) is 2.62. The van der Waals surface area contributed by atoms with Gasteiger partial charge in [-0.25, -0.2) is 0 Å². The second-order valence-corrected chi connectivity index (χ2v) is 6.26. The molecule has 0 aromatic heterocycles. The lowest BCUT2D eigenvalue weighted by atomic mass is 10.1. The fourth-order valence-electron chi connectivity index (χ4n) is 2.51. The van der Waals surface area contributed by atoms with Crippen molar-refractivity contribution in [3.8, 4) is 17.2 Å². The number of unbranched alkanes of at least 4 members (excludes halogenated alkanes) is 1. The van der Waals surface area contributed by atoms with Gasteiger partial charge in [0.25, 0.3) is 0 Å². The molecule has 6 nitrogen and oxygen atoms in total. The third kappa shape index (κ3) is 7.11. The lowest BCUT2D eigenvalue weighted by molar-refractivity contribution is 0.347. The van der Waals surface area contributed by atoms with Gasteiger partial charge in [0, 0.05) is 31.8 Å². The highest BCUT2D eigenvalue weighted by Gasteiger charge is 2.12. The Labute approximate surface area is 152 Å². The number of benzene rings is 1. The number of hydrogen-bond donors (Lipinski definition) is 2. The van der Waals surface area contributed by atoms with Crippen LogP contribution in [0.25, 0.3) is 0 Å². The zero-order chi connectivity index (χ0) is 18.7. The molecule has 1 aromatic rings. The molecule has 0 aliphatic heterocycles. The van der Waals surface area contributed by atoms with Gasteiger partial charge in [-0.3, -0.25) is 4.99 Å². The van der Waals surface area contributed by atoms with E-state index in [1.165, 1.54) is 12.8 Å². The van der Waals surface area contributed by atoms with Gasteiger partial charge in [0.2, 0.25) is 0 Å². The highest BCUT2D eigenvalue weighted by molar-refractivity contribution is 5.79. The molecular weight excluding hydrogens is 318 g/mol. The van der Waals surface area contributed by atoms with Crippen molar-refractivity contribution in [3.63, 3.8) is 0 Å². The van der Waals surface area contributed by atoms with Crippen molar-refractivity contribution in [2.45, 2.75) is 39.7 Å². The van der Waals surface area contributed by atoms with Gasteiger partial charge in [-0.05, 0) is 18.4 Å². The van der Waals surface area contributed by atoms with E-state index in [-0.39, 0.29) is 0 Å². The highest BCUT2D eigenvalue weighted by atomic mass is 16.5. The van der Waals surface area contributed by atoms with E-state index in [4.69, 9.17) is 14.2 Å². The van der Waals surface area contributed by atoms with Crippen LogP contribution in [0.15, 0.2) is 17.1 Å². The summed E-state index contributed by atoms with van der Waals surface area (Å²) in [4.78, 5) is 4.27. The minimum atomic E-state index is 0.579. The summed E-state index contributed by atoms with van der Waals surface area (Å²) in [6.45, 7) is 6.00. The first-order chi connectivity index (χ1) is 12.0. The second kappa shape index (κ2) is 11.4. The molecular formula is C19H33N3O3. The predicted molar refractivity (Wildman–Crippen MR) is 103 cm³/mol. The summed E-state index contributed by atoms with van der Waals surface area (Å²) >= 11 is 0. The molecule has 0 aliphatic rings. The number of methoxy groups -OCH3 is 3. The molecule has 0 radical (unpaired) electrons. The Hall–Kier alpha value is -2.11. The van der Waals surface area contributed by atoms with E-state index >= 15 is 0 Å². The van der Waals surface area contributed by atoms with Gasteiger partial charge in [-0.15, -0.1) is 0 Å². The van der Waals surface area contributed by atoms with E-state index in [0.29, 0.717) is 18.0 Å². The van der Waals surface area contributed by atoms with Crippen LogP contribution in [-0.2, 0) is 6.54 Å². The van der Waals surface area contributed by atoms with Gasteiger partial charge >= 0.3 is 0 Å². The first-order valence-corrected chi connectivity index (χ1v) is 8.79. The summed E-state index contributed by atoms with van der Waals surface area (Å²) < 4.78 is 16.1. The lowest BCUT2D eigenvalue weighted by Crippen LogP contribution is -2.37. The van der Waals surface area contributed by atoms with Crippen LogP contribution < -0.4 is 24.8 Å². The lowest BCUT2D eigenvalue weighted by Gasteiger charge is -2.16. The fourth-order valence-corrected chi connectivity index (χ4v) is 2.51. The Balaban J connectivity index is 2.59. The van der Waals surface area contributed by atoms with Gasteiger partial charge in [-0.2, -0.15) is 0 Å². The van der Waals surface area contributed by atoms with Gasteiger partial charge in [0.1, 0.15) is 5.75 Å². The summed E-state index contributed by atoms with van der Waals surface area (Å²) in [6, 6.07) is 3.75. The molecule has 0 unspecified atom stereocenters. The second-order valence-electron chi connectivity index (χ2n) is 6.26. The molecule has 1 aromatic carbocycles. The maximum atomic E-state index is 5.45. The molecule has 0 heterocycles. The molecule has 0 fully saturated rings. The number of rotatable bonds is 10. The molecule has 2 N–H and O–H groups in total. The maximum Gasteiger partial charge on any atom is 0.191 e. The standard InChI is InChI=1S/C19H33N3O3/c1-14(2)9-7-8-10-21-19(20-3)22-13-15-11-17(24-5)18(25-6)12-16(15)23-4/h11-12,14H,7-10,13H2,1-6H3,(H2,20,21,22). The Bertz CT molecular complexity index is 545. The summed E-state index contributed by atoms with van der Waals surface area (Å²) in [5.74, 6) is 3.61. The summed E-state index contributed by atoms with van der Waals surface area (Å²) in [7, 11) is 6.65. The first-order valence-electron chi connectivity index (χ1n) is 8.79. The zero-order valence-corrected chi connectivity index (χ0v) is 16.4. The first kappa shape index (κ1) is 20.9. The van der Waals surface area contributed by atoms with Crippen molar-refractivity contribution in [2.24, 2.45) is 10.9 Å². The Morgan fingerprint density at radius 1 is 0.960 bits per heavy atom. The van der Waals surface area contributed by atoms with Crippen LogP contribution in [0.5, 0.6) is 17.2 Å². The SMILES string of the molecule is CN=C(NCCCCC(C)C)NCc1cc(OC)c(OC)cc1OC. The molecule has 0 amide bonds. The number of ether oxygens (including phenoxy) is 3. The Morgan fingerprint density at radius 2 is 1.60 bits per heavy atom. The molecule has 142 valence electrons. The van der Waals surface area contributed by atoms with Gasteiger partial charge in [0.15, 0.2) is 17.5 Å². The molecule has 0 bridgehead atoms. The van der Waals surface area contributed by atoms with Crippen molar-refractivity contribution in [3.05, 3.63) is 17.7 Å². The summed E-state index contributed by atoms with van der Waals surface area (Å²) in [5.41, 5.74) is 0.975. The number of nitrogens with one attached hydrogen (secondary N) is 2. The van der Waals surface area contributed by atoms with Gasteiger partial charge in [-0.1, -0.05) is 26.7 Å².